The van der Waals surface area contributed by atoms with Gasteiger partial charge in [-0.15, -0.1) is 0 Å². The molecule has 0 spiro atoms. The Labute approximate surface area is 128 Å². The molecule has 20 heavy (non-hydrogen) atoms. The Kier molecular flexibility index (Phi) is 4.86. The summed E-state index contributed by atoms with van der Waals surface area (Å²) in [7, 11) is -3.21. The molecule has 1 amide bonds. The normalized spacial score (nSPS) is 19.3. The maximum absolute atomic E-state index is 12.3. The number of sulfone groups is 1. The van der Waals surface area contributed by atoms with Crippen LogP contribution in [0.15, 0.2) is 29.2 Å². The summed E-state index contributed by atoms with van der Waals surface area (Å²) in [5.74, 6) is 0.552. The number of benzene rings is 1. The van der Waals surface area contributed by atoms with E-state index in [2.05, 4.69) is 15.9 Å². The van der Waals surface area contributed by atoms with Gasteiger partial charge in [0.15, 0.2) is 9.84 Å². The third-order valence-electron chi connectivity index (χ3n) is 3.62. The Morgan fingerprint density at radius 1 is 1.35 bits per heavy atom. The van der Waals surface area contributed by atoms with Gasteiger partial charge in [0.2, 0.25) is 0 Å². The third kappa shape index (κ3) is 3.61. The molecule has 2 rings (SSSR count). The van der Waals surface area contributed by atoms with Crippen molar-refractivity contribution in [1.29, 1.82) is 0 Å². The van der Waals surface area contributed by atoms with Crippen LogP contribution in [-0.2, 0) is 9.84 Å². The Balaban J connectivity index is 2.07. The van der Waals surface area contributed by atoms with Crippen molar-refractivity contribution in [3.05, 3.63) is 29.8 Å². The standard InChI is InChI=1S/C14H18BrNO3S/c1-20(18,19)13-4-2-12(3-5-13)14(17)16-9-7-11(10-16)6-8-15/h2-5,11H,6-10H2,1H3. The molecule has 0 bridgehead atoms. The molecule has 1 atom stereocenters. The summed E-state index contributed by atoms with van der Waals surface area (Å²) < 4.78 is 22.8. The van der Waals surface area contributed by atoms with Crippen LogP contribution in [-0.4, -0.2) is 43.9 Å². The fraction of sp³-hybridized carbons (Fsp3) is 0.500. The van der Waals surface area contributed by atoms with E-state index in [0.717, 1.165) is 37.5 Å². The van der Waals surface area contributed by atoms with E-state index in [1.807, 2.05) is 4.90 Å². The molecule has 1 heterocycles. The van der Waals surface area contributed by atoms with Crippen molar-refractivity contribution >= 4 is 31.7 Å². The number of amides is 1. The van der Waals surface area contributed by atoms with Gasteiger partial charge in [0.1, 0.15) is 0 Å². The lowest BCUT2D eigenvalue weighted by molar-refractivity contribution is 0.0787. The Morgan fingerprint density at radius 2 is 2.00 bits per heavy atom. The first kappa shape index (κ1) is 15.5. The Hall–Kier alpha value is -0.880. The van der Waals surface area contributed by atoms with Crippen molar-refractivity contribution in [3.63, 3.8) is 0 Å². The molecule has 1 unspecified atom stereocenters. The molecule has 1 aromatic rings. The van der Waals surface area contributed by atoms with Gasteiger partial charge in [-0.2, -0.15) is 0 Å². The molecule has 1 aliphatic heterocycles. The predicted molar refractivity (Wildman–Crippen MR) is 82.0 cm³/mol. The van der Waals surface area contributed by atoms with Crippen LogP contribution in [0.2, 0.25) is 0 Å². The van der Waals surface area contributed by atoms with Gasteiger partial charge in [0.25, 0.3) is 5.91 Å². The van der Waals surface area contributed by atoms with Crippen LogP contribution in [0.1, 0.15) is 23.2 Å². The number of nitrogens with zero attached hydrogens (tertiary/aromatic N) is 1. The number of carbonyl (C=O) groups is 1. The van der Waals surface area contributed by atoms with Crippen LogP contribution in [0, 0.1) is 5.92 Å². The smallest absolute Gasteiger partial charge is 0.253 e. The molecule has 1 aliphatic rings. The first-order valence-electron chi connectivity index (χ1n) is 6.57. The van der Waals surface area contributed by atoms with Crippen LogP contribution in [0.25, 0.3) is 0 Å². The highest BCUT2D eigenvalue weighted by atomic mass is 79.9. The fourth-order valence-electron chi connectivity index (χ4n) is 2.43. The molecule has 0 saturated carbocycles. The van der Waals surface area contributed by atoms with Crippen LogP contribution in [0.5, 0.6) is 0 Å². The lowest BCUT2D eigenvalue weighted by Crippen LogP contribution is -2.28. The molecule has 110 valence electrons. The number of hydrogen-bond acceptors (Lipinski definition) is 3. The second kappa shape index (κ2) is 6.26. The molecule has 0 aromatic heterocycles. The van der Waals surface area contributed by atoms with Gasteiger partial charge < -0.3 is 4.90 Å². The van der Waals surface area contributed by atoms with E-state index in [1.165, 1.54) is 12.1 Å². The number of alkyl halides is 1. The number of halogens is 1. The topological polar surface area (TPSA) is 54.5 Å². The molecule has 0 radical (unpaired) electrons. The lowest BCUT2D eigenvalue weighted by atomic mass is 10.1. The van der Waals surface area contributed by atoms with E-state index in [9.17, 15) is 13.2 Å². The average molecular weight is 360 g/mol. The number of carbonyl (C=O) groups excluding carboxylic acids is 1. The largest absolute Gasteiger partial charge is 0.338 e. The molecule has 1 fully saturated rings. The van der Waals surface area contributed by atoms with Gasteiger partial charge in [-0.1, -0.05) is 15.9 Å². The minimum Gasteiger partial charge on any atom is -0.338 e. The molecule has 0 N–H and O–H groups in total. The summed E-state index contributed by atoms with van der Waals surface area (Å²) in [6.45, 7) is 1.57. The van der Waals surface area contributed by atoms with Crippen molar-refractivity contribution < 1.29 is 13.2 Å². The van der Waals surface area contributed by atoms with E-state index in [-0.39, 0.29) is 10.8 Å². The molecule has 1 aromatic carbocycles. The second-order valence-corrected chi connectivity index (χ2v) is 7.99. The zero-order chi connectivity index (χ0) is 14.8. The zero-order valence-corrected chi connectivity index (χ0v) is 13.8. The monoisotopic (exact) mass is 359 g/mol. The van der Waals surface area contributed by atoms with Crippen LogP contribution in [0.3, 0.4) is 0 Å². The van der Waals surface area contributed by atoms with Gasteiger partial charge in [0, 0.05) is 30.2 Å². The summed E-state index contributed by atoms with van der Waals surface area (Å²) in [5.41, 5.74) is 0.553. The van der Waals surface area contributed by atoms with E-state index in [1.54, 1.807) is 12.1 Å². The quantitative estimate of drug-likeness (QED) is 0.775. The van der Waals surface area contributed by atoms with E-state index < -0.39 is 9.84 Å². The highest BCUT2D eigenvalue weighted by molar-refractivity contribution is 9.09. The summed E-state index contributed by atoms with van der Waals surface area (Å²) in [4.78, 5) is 14.4. The molecule has 6 heteroatoms. The molecule has 0 aliphatic carbocycles. The Morgan fingerprint density at radius 3 is 2.55 bits per heavy atom. The van der Waals surface area contributed by atoms with Crippen molar-refractivity contribution in [2.75, 3.05) is 24.7 Å². The third-order valence-corrected chi connectivity index (χ3v) is 5.21. The van der Waals surface area contributed by atoms with E-state index in [4.69, 9.17) is 0 Å². The average Bonchev–Trinajstić information content (AvgIpc) is 2.86. The number of likely N-dealkylation sites (tertiary alicyclic amines) is 1. The minimum absolute atomic E-state index is 0.0119. The maximum atomic E-state index is 12.3. The SMILES string of the molecule is CS(=O)(=O)c1ccc(C(=O)N2CCC(CCBr)C2)cc1. The maximum Gasteiger partial charge on any atom is 0.253 e. The number of rotatable bonds is 4. The van der Waals surface area contributed by atoms with Crippen LogP contribution in [0.4, 0.5) is 0 Å². The first-order chi connectivity index (χ1) is 9.41. The van der Waals surface area contributed by atoms with Crippen molar-refractivity contribution in [2.45, 2.75) is 17.7 Å². The highest BCUT2D eigenvalue weighted by Crippen LogP contribution is 2.22. The van der Waals surface area contributed by atoms with Gasteiger partial charge in [-0.05, 0) is 43.0 Å². The second-order valence-electron chi connectivity index (χ2n) is 5.18. The van der Waals surface area contributed by atoms with Gasteiger partial charge in [0.05, 0.1) is 4.90 Å². The van der Waals surface area contributed by atoms with Gasteiger partial charge in [-0.25, -0.2) is 8.42 Å². The first-order valence-corrected chi connectivity index (χ1v) is 9.58. The van der Waals surface area contributed by atoms with Crippen LogP contribution < -0.4 is 0 Å². The summed E-state index contributed by atoms with van der Waals surface area (Å²) in [5, 5.41) is 0.961. The van der Waals surface area contributed by atoms with E-state index in [0.29, 0.717) is 11.5 Å². The zero-order valence-electron chi connectivity index (χ0n) is 11.4. The predicted octanol–water partition coefficient (Wildman–Crippen LogP) is 2.34. The highest BCUT2D eigenvalue weighted by Gasteiger charge is 2.26. The van der Waals surface area contributed by atoms with Crippen molar-refractivity contribution in [2.24, 2.45) is 5.92 Å². The Bertz CT molecular complexity index is 583. The van der Waals surface area contributed by atoms with E-state index >= 15 is 0 Å². The van der Waals surface area contributed by atoms with Crippen molar-refractivity contribution in [3.8, 4) is 0 Å². The minimum atomic E-state index is -3.21. The van der Waals surface area contributed by atoms with Crippen LogP contribution >= 0.6 is 15.9 Å². The fourth-order valence-corrected chi connectivity index (χ4v) is 3.71. The van der Waals surface area contributed by atoms with Gasteiger partial charge >= 0.3 is 0 Å². The molecular formula is C14H18BrNO3S. The summed E-state index contributed by atoms with van der Waals surface area (Å²) in [6, 6.07) is 6.18. The summed E-state index contributed by atoms with van der Waals surface area (Å²) >= 11 is 3.43. The molecular weight excluding hydrogens is 342 g/mol. The molecule has 1 saturated heterocycles. The molecule has 4 nitrogen and oxygen atoms in total. The lowest BCUT2D eigenvalue weighted by Gasteiger charge is -2.16. The number of hydrogen-bond donors (Lipinski definition) is 0. The van der Waals surface area contributed by atoms with Crippen molar-refractivity contribution in [1.82, 2.24) is 4.90 Å². The summed E-state index contributed by atoms with van der Waals surface area (Å²) in [6.07, 6.45) is 3.28. The van der Waals surface area contributed by atoms with Gasteiger partial charge in [-0.3, -0.25) is 4.79 Å².